The molecule has 2 aliphatic rings. The third-order valence-electron chi connectivity index (χ3n) is 7.55. The van der Waals surface area contributed by atoms with Gasteiger partial charge in [0.05, 0.1) is 11.0 Å². The number of likely N-dealkylation sites (N-methyl/N-ethyl adjacent to an activating group) is 1. The minimum absolute atomic E-state index is 0. The van der Waals surface area contributed by atoms with Gasteiger partial charge in [-0.25, -0.2) is 4.79 Å². The van der Waals surface area contributed by atoms with E-state index < -0.39 is 0 Å². The molecule has 1 fully saturated rings. The predicted octanol–water partition coefficient (Wildman–Crippen LogP) is 3.23. The topological polar surface area (TPSA) is 90.8 Å². The summed E-state index contributed by atoms with van der Waals surface area (Å²) in [7, 11) is 1.60. The van der Waals surface area contributed by atoms with Crippen LogP contribution in [0.2, 0.25) is 0 Å². The Hall–Kier alpha value is -3.13. The van der Waals surface area contributed by atoms with E-state index in [2.05, 4.69) is 46.6 Å². The molecule has 6 rings (SSSR count). The van der Waals surface area contributed by atoms with Crippen molar-refractivity contribution in [2.75, 3.05) is 20.1 Å². The van der Waals surface area contributed by atoms with Gasteiger partial charge in [-0.1, -0.05) is 48.5 Å². The number of amides is 1. The van der Waals surface area contributed by atoms with Crippen LogP contribution in [0.4, 0.5) is 0 Å². The normalized spacial score (nSPS) is 17.8. The number of nitrogens with zero attached hydrogens (tertiary/aromatic N) is 3. The number of para-hydroxylation sites is 2. The molecule has 184 valence electrons. The Morgan fingerprint density at radius 3 is 2.37 bits per heavy atom. The summed E-state index contributed by atoms with van der Waals surface area (Å²) in [5.41, 5.74) is 4.55. The molecule has 1 aromatic heterocycles. The van der Waals surface area contributed by atoms with Gasteiger partial charge in [0.2, 0.25) is 5.91 Å². The molecule has 1 unspecified atom stereocenters. The van der Waals surface area contributed by atoms with Crippen LogP contribution in [0.3, 0.4) is 0 Å². The maximum Gasteiger partial charge on any atom is 0.329 e. The predicted molar refractivity (Wildman–Crippen MR) is 141 cm³/mol. The number of nitrogens with one attached hydrogen (secondary N) is 1. The number of imidazole rings is 1. The number of fused-ring (bicyclic) bond motifs is 1. The number of rotatable bonds is 4. The molecule has 4 aromatic rings. The quantitative estimate of drug-likeness (QED) is 0.472. The summed E-state index contributed by atoms with van der Waals surface area (Å²) in [6.45, 7) is 1.97. The summed E-state index contributed by atoms with van der Waals surface area (Å²) in [5.74, 6) is -0.162. The van der Waals surface area contributed by atoms with Crippen LogP contribution < -0.4 is 11.0 Å². The average molecular weight is 495 g/mol. The number of halogens is 1. The highest BCUT2D eigenvalue weighted by Gasteiger charge is 2.33. The number of hydrogen-bond acceptors (Lipinski definition) is 3. The summed E-state index contributed by atoms with van der Waals surface area (Å²) in [6.07, 6.45) is 2.92. The molecular formula is C27H31ClN4O3. The van der Waals surface area contributed by atoms with Gasteiger partial charge in [-0.3, -0.25) is 18.8 Å². The molecule has 7 nitrogen and oxygen atoms in total. The van der Waals surface area contributed by atoms with Crippen molar-refractivity contribution in [1.29, 1.82) is 0 Å². The molecule has 1 atom stereocenters. The van der Waals surface area contributed by atoms with E-state index >= 15 is 0 Å². The molecule has 0 spiro atoms. The zero-order valence-corrected chi connectivity index (χ0v) is 20.6. The third kappa shape index (κ3) is 4.03. The fourth-order valence-corrected chi connectivity index (χ4v) is 5.96. The second kappa shape index (κ2) is 9.85. The van der Waals surface area contributed by atoms with Crippen molar-refractivity contribution >= 4 is 40.1 Å². The fourth-order valence-electron chi connectivity index (χ4n) is 5.96. The number of likely N-dealkylation sites (tertiary alicyclic amines) is 1. The fraction of sp³-hybridized carbons (Fsp3) is 0.333. The lowest BCUT2D eigenvalue weighted by Gasteiger charge is -2.36. The lowest BCUT2D eigenvalue weighted by Crippen LogP contribution is -2.40. The van der Waals surface area contributed by atoms with E-state index in [1.165, 1.54) is 21.9 Å². The van der Waals surface area contributed by atoms with Crippen LogP contribution in [0.1, 0.15) is 36.1 Å². The van der Waals surface area contributed by atoms with E-state index in [4.69, 9.17) is 0 Å². The minimum atomic E-state index is -0.162. The zero-order valence-electron chi connectivity index (χ0n) is 19.7. The Kier molecular flexibility index (Phi) is 7.03. The maximum absolute atomic E-state index is 13.4. The zero-order chi connectivity index (χ0) is 22.5. The van der Waals surface area contributed by atoms with E-state index in [0.717, 1.165) is 43.4 Å². The molecule has 0 bridgehead atoms. The summed E-state index contributed by atoms with van der Waals surface area (Å²) in [5, 5.41) is 5.39. The van der Waals surface area contributed by atoms with Gasteiger partial charge in [0, 0.05) is 32.2 Å². The highest BCUT2D eigenvalue weighted by molar-refractivity contribution is 5.91. The largest absolute Gasteiger partial charge is 0.412 e. The first-order valence-corrected chi connectivity index (χ1v) is 11.8. The smallest absolute Gasteiger partial charge is 0.329 e. The second-order valence-electron chi connectivity index (χ2n) is 9.25. The Labute approximate surface area is 210 Å². The summed E-state index contributed by atoms with van der Waals surface area (Å²) >= 11 is 0. The molecular weight excluding hydrogens is 464 g/mol. The molecule has 1 aliphatic carbocycles. The molecule has 1 saturated heterocycles. The van der Waals surface area contributed by atoms with Gasteiger partial charge in [-0.15, -0.1) is 12.4 Å². The van der Waals surface area contributed by atoms with Gasteiger partial charge < -0.3 is 10.8 Å². The summed E-state index contributed by atoms with van der Waals surface area (Å²) in [6, 6.07) is 21.7. The number of benzene rings is 3. The molecule has 2 heterocycles. The van der Waals surface area contributed by atoms with E-state index in [1.807, 2.05) is 28.8 Å². The SMILES string of the molecule is CNC(=O)Cn1c(=O)n(C2CCN(C3Cc4cccc5cccc3c45)CC2)c2ccccc21.Cl.O. The van der Waals surface area contributed by atoms with Crippen molar-refractivity contribution < 1.29 is 10.3 Å². The molecule has 1 aliphatic heterocycles. The van der Waals surface area contributed by atoms with Crippen molar-refractivity contribution in [2.45, 2.75) is 37.9 Å². The Morgan fingerprint density at radius 2 is 1.66 bits per heavy atom. The van der Waals surface area contributed by atoms with Crippen LogP contribution in [-0.2, 0) is 17.8 Å². The lowest BCUT2D eigenvalue weighted by atomic mass is 9.99. The molecule has 3 N–H and O–H groups in total. The number of carbonyl (C=O) groups is 1. The van der Waals surface area contributed by atoms with Gasteiger partial charge in [0.1, 0.15) is 6.54 Å². The number of carbonyl (C=O) groups excluding carboxylic acids is 1. The molecule has 1 amide bonds. The van der Waals surface area contributed by atoms with Gasteiger partial charge in [0.25, 0.3) is 0 Å². The van der Waals surface area contributed by atoms with Crippen LogP contribution >= 0.6 is 12.4 Å². The number of piperidine rings is 1. The molecule has 3 aromatic carbocycles. The monoisotopic (exact) mass is 494 g/mol. The van der Waals surface area contributed by atoms with Crippen molar-refractivity contribution in [3.05, 3.63) is 82.3 Å². The first-order chi connectivity index (χ1) is 16.2. The molecule has 0 radical (unpaired) electrons. The van der Waals surface area contributed by atoms with Crippen molar-refractivity contribution in [1.82, 2.24) is 19.4 Å². The molecule has 35 heavy (non-hydrogen) atoms. The van der Waals surface area contributed by atoms with Gasteiger partial charge in [-0.2, -0.15) is 0 Å². The van der Waals surface area contributed by atoms with E-state index in [0.29, 0.717) is 6.04 Å². The van der Waals surface area contributed by atoms with Crippen LogP contribution in [0.5, 0.6) is 0 Å². The Balaban J connectivity index is 0.00000144. The van der Waals surface area contributed by atoms with Gasteiger partial charge in [0.15, 0.2) is 0 Å². The minimum Gasteiger partial charge on any atom is -0.412 e. The molecule has 0 saturated carbocycles. The van der Waals surface area contributed by atoms with Crippen LogP contribution in [0.25, 0.3) is 21.8 Å². The van der Waals surface area contributed by atoms with Gasteiger partial charge >= 0.3 is 5.69 Å². The van der Waals surface area contributed by atoms with E-state index in [1.54, 1.807) is 11.6 Å². The highest BCUT2D eigenvalue weighted by atomic mass is 35.5. The molecule has 8 heteroatoms. The second-order valence-corrected chi connectivity index (χ2v) is 9.25. The van der Waals surface area contributed by atoms with Crippen molar-refractivity contribution in [2.24, 2.45) is 0 Å². The van der Waals surface area contributed by atoms with E-state index in [-0.39, 0.29) is 42.1 Å². The highest BCUT2D eigenvalue weighted by Crippen LogP contribution is 2.41. The Bertz CT molecular complexity index is 1430. The Morgan fingerprint density at radius 1 is 0.971 bits per heavy atom. The van der Waals surface area contributed by atoms with Crippen LogP contribution in [0.15, 0.2) is 65.5 Å². The summed E-state index contributed by atoms with van der Waals surface area (Å²) < 4.78 is 3.54. The first kappa shape index (κ1) is 25.0. The van der Waals surface area contributed by atoms with Gasteiger partial charge in [-0.05, 0) is 53.3 Å². The number of aromatic nitrogens is 2. The van der Waals surface area contributed by atoms with E-state index in [9.17, 15) is 9.59 Å². The van der Waals surface area contributed by atoms with Crippen molar-refractivity contribution in [3.8, 4) is 0 Å². The first-order valence-electron chi connectivity index (χ1n) is 11.8. The standard InChI is InChI=1S/C27H28N4O2.ClH.H2O/c1-28-25(32)17-30-22-10-2-3-11-23(22)31(27(30)33)20-12-14-29(15-13-20)24-16-19-8-4-6-18-7-5-9-21(24)26(18)19;;/h2-11,20,24H,12-17H2,1H3,(H,28,32);1H;1H2. The van der Waals surface area contributed by atoms with Crippen LogP contribution in [0, 0.1) is 0 Å². The maximum atomic E-state index is 13.4. The van der Waals surface area contributed by atoms with Crippen molar-refractivity contribution in [3.63, 3.8) is 0 Å². The lowest BCUT2D eigenvalue weighted by molar-refractivity contribution is -0.121. The average Bonchev–Trinajstić information content (AvgIpc) is 3.36. The third-order valence-corrected chi connectivity index (χ3v) is 7.55. The van der Waals surface area contributed by atoms with Crippen LogP contribution in [-0.4, -0.2) is 45.6 Å². The summed E-state index contributed by atoms with van der Waals surface area (Å²) in [4.78, 5) is 28.0. The number of hydrogen-bond donors (Lipinski definition) is 1.